The molecule has 1 saturated heterocycles. The first-order valence-corrected chi connectivity index (χ1v) is 9.53. The van der Waals surface area contributed by atoms with Crippen LogP contribution in [0, 0.1) is 0 Å². The van der Waals surface area contributed by atoms with E-state index in [0.717, 1.165) is 5.56 Å². The molecular weight excluding hydrogens is 340 g/mol. The largest absolute Gasteiger partial charge is 0.379 e. The van der Waals surface area contributed by atoms with Crippen molar-refractivity contribution >= 4 is 27.5 Å². The van der Waals surface area contributed by atoms with Crippen LogP contribution in [0.5, 0.6) is 0 Å². The highest BCUT2D eigenvalue weighted by Gasteiger charge is 2.24. The van der Waals surface area contributed by atoms with Gasteiger partial charge in [0.2, 0.25) is 15.9 Å². The van der Waals surface area contributed by atoms with Gasteiger partial charge in [-0.05, 0) is 24.1 Å². The van der Waals surface area contributed by atoms with Gasteiger partial charge in [-0.25, -0.2) is 8.42 Å². The highest BCUT2D eigenvalue weighted by atomic mass is 35.5. The number of sulfonamides is 1. The predicted octanol–water partition coefficient (Wildman–Crippen LogP) is 1.05. The number of morpholine rings is 1. The summed E-state index contributed by atoms with van der Waals surface area (Å²) in [6.07, 6.45) is 0.652. The van der Waals surface area contributed by atoms with E-state index < -0.39 is 10.0 Å². The maximum absolute atomic E-state index is 12.1. The molecule has 0 saturated carbocycles. The summed E-state index contributed by atoms with van der Waals surface area (Å²) in [6, 6.07) is 7.40. The van der Waals surface area contributed by atoms with Crippen molar-refractivity contribution < 1.29 is 17.9 Å². The molecule has 1 N–H and O–H groups in total. The summed E-state index contributed by atoms with van der Waals surface area (Å²) >= 11 is 5.81. The van der Waals surface area contributed by atoms with E-state index in [1.54, 1.807) is 12.1 Å². The summed E-state index contributed by atoms with van der Waals surface area (Å²) in [5.74, 6) is -0.421. The molecular formula is C15H21ClN2O4S. The number of nitrogens with zero attached hydrogens (tertiary/aromatic N) is 1. The van der Waals surface area contributed by atoms with Crippen LogP contribution in [0.4, 0.5) is 0 Å². The summed E-state index contributed by atoms with van der Waals surface area (Å²) < 4.78 is 30.7. The van der Waals surface area contributed by atoms with Gasteiger partial charge in [-0.2, -0.15) is 4.31 Å². The number of benzene rings is 1. The van der Waals surface area contributed by atoms with Crippen LogP contribution >= 0.6 is 11.6 Å². The number of hydrogen-bond acceptors (Lipinski definition) is 4. The van der Waals surface area contributed by atoms with Gasteiger partial charge in [0, 0.05) is 31.1 Å². The number of carbonyl (C=O) groups is 1. The molecule has 1 aromatic carbocycles. The fraction of sp³-hybridized carbons (Fsp3) is 0.533. The molecule has 0 atom stereocenters. The van der Waals surface area contributed by atoms with Crippen molar-refractivity contribution in [2.45, 2.75) is 12.8 Å². The monoisotopic (exact) mass is 360 g/mol. The number of amides is 1. The fourth-order valence-electron chi connectivity index (χ4n) is 2.26. The molecule has 1 aliphatic heterocycles. The average Bonchev–Trinajstić information content (AvgIpc) is 2.56. The van der Waals surface area contributed by atoms with Crippen molar-refractivity contribution in [2.24, 2.45) is 0 Å². The van der Waals surface area contributed by atoms with Crippen LogP contribution in [0.1, 0.15) is 12.0 Å². The van der Waals surface area contributed by atoms with Crippen LogP contribution in [0.25, 0.3) is 0 Å². The minimum atomic E-state index is -3.38. The molecule has 1 fully saturated rings. The van der Waals surface area contributed by atoms with Gasteiger partial charge in [0.1, 0.15) is 0 Å². The van der Waals surface area contributed by atoms with E-state index in [9.17, 15) is 13.2 Å². The normalized spacial score (nSPS) is 16.2. The molecule has 8 heteroatoms. The molecule has 23 heavy (non-hydrogen) atoms. The van der Waals surface area contributed by atoms with E-state index in [4.69, 9.17) is 16.3 Å². The predicted molar refractivity (Wildman–Crippen MR) is 89.0 cm³/mol. The van der Waals surface area contributed by atoms with Crippen LogP contribution < -0.4 is 5.32 Å². The Kier molecular flexibility index (Phi) is 6.83. The molecule has 1 aliphatic rings. The van der Waals surface area contributed by atoms with Gasteiger partial charge in [-0.15, -0.1) is 0 Å². The van der Waals surface area contributed by atoms with Gasteiger partial charge >= 0.3 is 0 Å². The van der Waals surface area contributed by atoms with E-state index in [1.165, 1.54) is 4.31 Å². The van der Waals surface area contributed by atoms with Gasteiger partial charge in [0.25, 0.3) is 0 Å². The first-order valence-electron chi connectivity index (χ1n) is 7.54. The van der Waals surface area contributed by atoms with E-state index in [-0.39, 0.29) is 18.1 Å². The number of hydrogen-bond donors (Lipinski definition) is 1. The number of halogens is 1. The first kappa shape index (κ1) is 18.2. The molecule has 2 rings (SSSR count). The topological polar surface area (TPSA) is 75.7 Å². The Labute approximate surface area is 141 Å². The van der Waals surface area contributed by atoms with Gasteiger partial charge in [-0.1, -0.05) is 23.7 Å². The summed E-state index contributed by atoms with van der Waals surface area (Å²) in [6.45, 7) is 2.01. The zero-order chi connectivity index (χ0) is 16.7. The zero-order valence-electron chi connectivity index (χ0n) is 12.8. The first-order chi connectivity index (χ1) is 11.0. The van der Waals surface area contributed by atoms with E-state index in [2.05, 4.69) is 5.32 Å². The summed E-state index contributed by atoms with van der Waals surface area (Å²) in [5, 5.41) is 3.41. The third kappa shape index (κ3) is 6.10. The van der Waals surface area contributed by atoms with Crippen LogP contribution in [-0.2, 0) is 26.0 Å². The van der Waals surface area contributed by atoms with Crippen LogP contribution in [0.3, 0.4) is 0 Å². The zero-order valence-corrected chi connectivity index (χ0v) is 14.4. The van der Waals surface area contributed by atoms with Gasteiger partial charge < -0.3 is 10.1 Å². The quantitative estimate of drug-likeness (QED) is 0.788. The van der Waals surface area contributed by atoms with Crippen LogP contribution in [0.2, 0.25) is 5.02 Å². The molecule has 0 radical (unpaired) electrons. The minimum Gasteiger partial charge on any atom is -0.379 e. The van der Waals surface area contributed by atoms with Crippen molar-refractivity contribution in [1.82, 2.24) is 9.62 Å². The minimum absolute atomic E-state index is 0.0275. The maximum Gasteiger partial charge on any atom is 0.221 e. The van der Waals surface area contributed by atoms with Crippen LogP contribution in [0.15, 0.2) is 24.3 Å². The van der Waals surface area contributed by atoms with E-state index in [1.807, 2.05) is 12.1 Å². The number of carbonyl (C=O) groups excluding carboxylic acids is 1. The van der Waals surface area contributed by atoms with Gasteiger partial charge in [-0.3, -0.25) is 4.79 Å². The van der Waals surface area contributed by atoms with Gasteiger partial charge in [0.15, 0.2) is 0 Å². The molecule has 1 heterocycles. The fourth-order valence-corrected chi connectivity index (χ4v) is 3.79. The Morgan fingerprint density at radius 2 is 1.87 bits per heavy atom. The smallest absolute Gasteiger partial charge is 0.221 e. The molecule has 0 spiro atoms. The number of ether oxygens (including phenoxy) is 1. The standard InChI is InChI=1S/C15H21ClN2O4S/c16-14-3-1-13(2-4-14)5-7-17-15(19)6-12-23(20,21)18-8-10-22-11-9-18/h1-4H,5-12H2,(H,17,19). The van der Waals surface area contributed by atoms with Crippen molar-refractivity contribution in [3.63, 3.8) is 0 Å². The highest BCUT2D eigenvalue weighted by Crippen LogP contribution is 2.10. The second-order valence-electron chi connectivity index (χ2n) is 5.30. The highest BCUT2D eigenvalue weighted by molar-refractivity contribution is 7.89. The Balaban J connectivity index is 1.69. The Morgan fingerprint density at radius 3 is 2.52 bits per heavy atom. The van der Waals surface area contributed by atoms with Crippen molar-refractivity contribution in [2.75, 3.05) is 38.6 Å². The average molecular weight is 361 g/mol. The summed E-state index contributed by atoms with van der Waals surface area (Å²) in [4.78, 5) is 11.8. The molecule has 0 unspecified atom stereocenters. The van der Waals surface area contributed by atoms with Crippen LogP contribution in [-0.4, -0.2) is 57.2 Å². The molecule has 0 aromatic heterocycles. The SMILES string of the molecule is O=C(CCS(=O)(=O)N1CCOCC1)NCCc1ccc(Cl)cc1. The van der Waals surface area contributed by atoms with E-state index in [0.29, 0.717) is 44.3 Å². The lowest BCUT2D eigenvalue weighted by atomic mass is 10.1. The molecule has 0 bridgehead atoms. The van der Waals surface area contributed by atoms with Gasteiger partial charge in [0.05, 0.1) is 19.0 Å². The lowest BCUT2D eigenvalue weighted by Crippen LogP contribution is -2.42. The Bertz CT molecular complexity index is 613. The third-order valence-corrected chi connectivity index (χ3v) is 5.72. The Morgan fingerprint density at radius 1 is 1.22 bits per heavy atom. The number of rotatable bonds is 7. The molecule has 128 valence electrons. The maximum atomic E-state index is 12.1. The molecule has 1 amide bonds. The summed E-state index contributed by atoms with van der Waals surface area (Å²) in [5.41, 5.74) is 1.07. The molecule has 6 nitrogen and oxygen atoms in total. The lowest BCUT2D eigenvalue weighted by Gasteiger charge is -2.25. The Hall–Kier alpha value is -1.15. The second-order valence-corrected chi connectivity index (χ2v) is 7.83. The summed E-state index contributed by atoms with van der Waals surface area (Å²) in [7, 11) is -3.38. The molecule has 0 aliphatic carbocycles. The van der Waals surface area contributed by atoms with Crippen molar-refractivity contribution in [1.29, 1.82) is 0 Å². The molecule has 1 aromatic rings. The van der Waals surface area contributed by atoms with Crippen molar-refractivity contribution in [3.8, 4) is 0 Å². The van der Waals surface area contributed by atoms with Crippen molar-refractivity contribution in [3.05, 3.63) is 34.9 Å². The third-order valence-electron chi connectivity index (χ3n) is 3.60. The second kappa shape index (κ2) is 8.63. The number of nitrogens with one attached hydrogen (secondary N) is 1. The lowest BCUT2D eigenvalue weighted by molar-refractivity contribution is -0.120. The van der Waals surface area contributed by atoms with E-state index >= 15 is 0 Å².